The topological polar surface area (TPSA) is 103 Å². The molecule has 1 amide bonds. The number of benzene rings is 2. The first kappa shape index (κ1) is 26.0. The molecule has 0 unspecified atom stereocenters. The molecule has 0 aliphatic heterocycles. The SMILES string of the molecule is CC(C)NC(=O)Cn1c(-c2cccc(Cl)c2)nc2ncc(-c3cc(C=O)cc(OC(C)C)c3)cc2c1=O. The number of aromatic nitrogens is 3. The van der Waals surface area contributed by atoms with Crippen LogP contribution in [0, 0.1) is 0 Å². The summed E-state index contributed by atoms with van der Waals surface area (Å²) >= 11 is 6.19. The zero-order valence-corrected chi connectivity index (χ0v) is 21.7. The van der Waals surface area contributed by atoms with Gasteiger partial charge in [0.25, 0.3) is 5.56 Å². The van der Waals surface area contributed by atoms with E-state index in [1.807, 2.05) is 27.7 Å². The van der Waals surface area contributed by atoms with E-state index in [0.717, 1.165) is 6.29 Å². The highest BCUT2D eigenvalue weighted by molar-refractivity contribution is 6.30. The van der Waals surface area contributed by atoms with Gasteiger partial charge in [-0.25, -0.2) is 9.97 Å². The van der Waals surface area contributed by atoms with Crippen LogP contribution in [0.3, 0.4) is 0 Å². The van der Waals surface area contributed by atoms with E-state index in [4.69, 9.17) is 16.3 Å². The molecule has 9 heteroatoms. The second-order valence-electron chi connectivity index (χ2n) is 9.23. The van der Waals surface area contributed by atoms with Gasteiger partial charge < -0.3 is 10.1 Å². The fraction of sp³-hybridized carbons (Fsp3) is 0.250. The molecule has 0 atom stereocenters. The van der Waals surface area contributed by atoms with Gasteiger partial charge in [0.1, 0.15) is 24.4 Å². The Morgan fingerprint density at radius 2 is 1.86 bits per heavy atom. The lowest BCUT2D eigenvalue weighted by atomic mass is 10.0. The Bertz CT molecular complexity index is 1550. The van der Waals surface area contributed by atoms with E-state index in [1.165, 1.54) is 4.57 Å². The van der Waals surface area contributed by atoms with E-state index >= 15 is 0 Å². The van der Waals surface area contributed by atoms with Crippen LogP contribution in [0.1, 0.15) is 38.1 Å². The lowest BCUT2D eigenvalue weighted by Crippen LogP contribution is -2.37. The number of nitrogens with zero attached hydrogens (tertiary/aromatic N) is 3. The normalized spacial score (nSPS) is 11.2. The summed E-state index contributed by atoms with van der Waals surface area (Å²) in [5.41, 5.74) is 2.11. The third-order valence-corrected chi connectivity index (χ3v) is 5.65. The number of hydrogen-bond acceptors (Lipinski definition) is 6. The number of fused-ring (bicyclic) bond motifs is 1. The molecule has 0 saturated heterocycles. The number of pyridine rings is 1. The number of amides is 1. The Morgan fingerprint density at radius 1 is 1.08 bits per heavy atom. The van der Waals surface area contributed by atoms with Gasteiger partial charge in [-0.2, -0.15) is 0 Å². The van der Waals surface area contributed by atoms with Crippen molar-refractivity contribution in [2.45, 2.75) is 46.4 Å². The molecule has 0 aliphatic carbocycles. The molecule has 8 nitrogen and oxygen atoms in total. The van der Waals surface area contributed by atoms with Crippen molar-refractivity contribution in [2.75, 3.05) is 0 Å². The first-order valence-corrected chi connectivity index (χ1v) is 12.3. The molecule has 0 saturated carbocycles. The van der Waals surface area contributed by atoms with E-state index in [-0.39, 0.29) is 41.5 Å². The number of rotatable bonds is 8. The van der Waals surface area contributed by atoms with Gasteiger partial charge in [-0.1, -0.05) is 23.7 Å². The van der Waals surface area contributed by atoms with Crippen molar-refractivity contribution in [3.63, 3.8) is 0 Å². The van der Waals surface area contributed by atoms with Gasteiger partial charge in [0.05, 0.1) is 11.5 Å². The van der Waals surface area contributed by atoms with Crippen molar-refractivity contribution in [3.8, 4) is 28.3 Å². The third kappa shape index (κ3) is 6.03. The van der Waals surface area contributed by atoms with E-state index in [0.29, 0.717) is 33.0 Å². The summed E-state index contributed by atoms with van der Waals surface area (Å²) in [6.45, 7) is 7.26. The maximum Gasteiger partial charge on any atom is 0.263 e. The predicted molar refractivity (Wildman–Crippen MR) is 144 cm³/mol. The van der Waals surface area contributed by atoms with Gasteiger partial charge in [0.15, 0.2) is 5.65 Å². The summed E-state index contributed by atoms with van der Waals surface area (Å²) in [4.78, 5) is 47.0. The fourth-order valence-electron chi connectivity index (χ4n) is 3.97. The lowest BCUT2D eigenvalue weighted by molar-refractivity contribution is -0.122. The molecule has 0 fully saturated rings. The molecule has 0 aliphatic rings. The molecule has 2 aromatic heterocycles. The quantitative estimate of drug-likeness (QED) is 0.333. The molecule has 0 radical (unpaired) electrons. The van der Waals surface area contributed by atoms with Crippen LogP contribution in [0.25, 0.3) is 33.5 Å². The minimum Gasteiger partial charge on any atom is -0.491 e. The zero-order valence-electron chi connectivity index (χ0n) is 21.0. The average Bonchev–Trinajstić information content (AvgIpc) is 2.84. The largest absolute Gasteiger partial charge is 0.491 e. The van der Waals surface area contributed by atoms with Crippen LogP contribution >= 0.6 is 11.6 Å². The number of hydrogen-bond donors (Lipinski definition) is 1. The van der Waals surface area contributed by atoms with Crippen LogP contribution in [0.4, 0.5) is 0 Å². The molecular weight excluding hydrogens is 492 g/mol. The second-order valence-corrected chi connectivity index (χ2v) is 9.67. The first-order chi connectivity index (χ1) is 17.6. The lowest BCUT2D eigenvalue weighted by Gasteiger charge is -2.15. The molecule has 2 heterocycles. The monoisotopic (exact) mass is 518 g/mol. The Labute approximate surface area is 219 Å². The number of nitrogens with one attached hydrogen (secondary N) is 1. The van der Waals surface area contributed by atoms with Crippen LogP contribution in [0.15, 0.2) is 59.5 Å². The minimum absolute atomic E-state index is 0.0808. The number of carbonyl (C=O) groups excluding carboxylic acids is 2. The molecule has 4 rings (SSSR count). The Kier molecular flexibility index (Phi) is 7.69. The zero-order chi connectivity index (χ0) is 26.7. The van der Waals surface area contributed by atoms with E-state index in [2.05, 4.69) is 15.3 Å². The number of aldehydes is 1. The molecule has 1 N–H and O–H groups in total. The highest BCUT2D eigenvalue weighted by Crippen LogP contribution is 2.28. The van der Waals surface area contributed by atoms with Gasteiger partial charge in [-0.3, -0.25) is 19.0 Å². The van der Waals surface area contributed by atoms with Crippen molar-refractivity contribution in [1.82, 2.24) is 19.9 Å². The summed E-state index contributed by atoms with van der Waals surface area (Å²) in [7, 11) is 0. The molecule has 4 aromatic rings. The van der Waals surface area contributed by atoms with Crippen LogP contribution in [-0.4, -0.2) is 38.9 Å². The van der Waals surface area contributed by atoms with Crippen LogP contribution in [0.2, 0.25) is 5.02 Å². The fourth-order valence-corrected chi connectivity index (χ4v) is 4.16. The Morgan fingerprint density at radius 3 is 2.54 bits per heavy atom. The van der Waals surface area contributed by atoms with Crippen LogP contribution in [0.5, 0.6) is 5.75 Å². The van der Waals surface area contributed by atoms with Gasteiger partial charge in [-0.15, -0.1) is 0 Å². The maximum absolute atomic E-state index is 13.7. The first-order valence-electron chi connectivity index (χ1n) is 11.9. The molecule has 37 heavy (non-hydrogen) atoms. The molecule has 0 spiro atoms. The number of ether oxygens (including phenoxy) is 1. The van der Waals surface area contributed by atoms with Gasteiger partial charge >= 0.3 is 0 Å². The van der Waals surface area contributed by atoms with E-state index in [1.54, 1.807) is 54.7 Å². The summed E-state index contributed by atoms with van der Waals surface area (Å²) in [6.07, 6.45) is 2.25. The van der Waals surface area contributed by atoms with Crippen molar-refractivity contribution in [3.05, 3.63) is 75.7 Å². The number of carbonyl (C=O) groups is 2. The summed E-state index contributed by atoms with van der Waals surface area (Å²) in [5.74, 6) is 0.501. The van der Waals surface area contributed by atoms with Gasteiger partial charge in [0.2, 0.25) is 5.91 Å². The highest BCUT2D eigenvalue weighted by atomic mass is 35.5. The van der Waals surface area contributed by atoms with Gasteiger partial charge in [-0.05, 0) is 69.7 Å². The van der Waals surface area contributed by atoms with Crippen LogP contribution < -0.4 is 15.6 Å². The van der Waals surface area contributed by atoms with Gasteiger partial charge in [0, 0.05) is 34.0 Å². The molecule has 190 valence electrons. The smallest absolute Gasteiger partial charge is 0.263 e. The van der Waals surface area contributed by atoms with Crippen molar-refractivity contribution < 1.29 is 14.3 Å². The third-order valence-electron chi connectivity index (χ3n) is 5.41. The second kappa shape index (κ2) is 10.9. The average molecular weight is 519 g/mol. The Balaban J connectivity index is 1.90. The highest BCUT2D eigenvalue weighted by Gasteiger charge is 2.18. The predicted octanol–water partition coefficient (Wildman–Crippen LogP) is 4.90. The minimum atomic E-state index is -0.418. The molecule has 2 aromatic carbocycles. The van der Waals surface area contributed by atoms with E-state index in [9.17, 15) is 14.4 Å². The molecular formula is C28H27ClN4O4. The van der Waals surface area contributed by atoms with Crippen molar-refractivity contribution in [2.24, 2.45) is 0 Å². The summed E-state index contributed by atoms with van der Waals surface area (Å²) in [6, 6.07) is 13.6. The standard InChI is InChI=1S/C28H27ClN4O4/c1-16(2)31-25(35)14-33-27(19-6-5-7-22(29)10-19)32-26-24(28(33)36)12-21(13-30-26)20-8-18(15-34)9-23(11-20)37-17(3)4/h5-13,15-17H,14H2,1-4H3,(H,31,35). The van der Waals surface area contributed by atoms with E-state index < -0.39 is 5.56 Å². The van der Waals surface area contributed by atoms with Crippen molar-refractivity contribution in [1.29, 1.82) is 0 Å². The number of halogens is 1. The Hall–Kier alpha value is -4.04. The molecule has 0 bridgehead atoms. The maximum atomic E-state index is 13.7. The van der Waals surface area contributed by atoms with Crippen molar-refractivity contribution >= 4 is 34.8 Å². The van der Waals surface area contributed by atoms with Crippen LogP contribution in [-0.2, 0) is 11.3 Å². The summed E-state index contributed by atoms with van der Waals surface area (Å²) in [5, 5.41) is 3.53. The summed E-state index contributed by atoms with van der Waals surface area (Å²) < 4.78 is 7.11.